The zero-order valence-corrected chi connectivity index (χ0v) is 13.2. The molecular formula is C13H12BrN3O3S. The SMILES string of the molecule is O=C(NCc1cc(C(=O)O)ccn1)NCc1ccc(Br)s1. The van der Waals surface area contributed by atoms with Crippen LogP contribution in [0, 0.1) is 0 Å². The summed E-state index contributed by atoms with van der Waals surface area (Å²) in [6.45, 7) is 0.603. The number of aromatic carboxylic acids is 1. The third-order valence-electron chi connectivity index (χ3n) is 2.55. The van der Waals surface area contributed by atoms with Crippen LogP contribution in [0.25, 0.3) is 0 Å². The van der Waals surface area contributed by atoms with E-state index in [1.165, 1.54) is 18.3 Å². The summed E-state index contributed by atoms with van der Waals surface area (Å²) in [6, 6.07) is 6.34. The number of halogens is 1. The number of nitrogens with one attached hydrogen (secondary N) is 2. The molecule has 2 rings (SSSR count). The summed E-state index contributed by atoms with van der Waals surface area (Å²) >= 11 is 4.90. The molecule has 0 radical (unpaired) electrons. The first kappa shape index (κ1) is 15.5. The van der Waals surface area contributed by atoms with Gasteiger partial charge in [0.1, 0.15) is 0 Å². The van der Waals surface area contributed by atoms with Crippen LogP contribution in [0.2, 0.25) is 0 Å². The molecule has 2 heterocycles. The lowest BCUT2D eigenvalue weighted by Gasteiger charge is -2.06. The topological polar surface area (TPSA) is 91.3 Å². The Morgan fingerprint density at radius 2 is 2.00 bits per heavy atom. The van der Waals surface area contributed by atoms with E-state index in [1.807, 2.05) is 12.1 Å². The molecule has 2 aromatic heterocycles. The molecule has 2 aromatic rings. The minimum absolute atomic E-state index is 0.144. The summed E-state index contributed by atoms with van der Waals surface area (Å²) in [4.78, 5) is 27.5. The molecule has 0 aromatic carbocycles. The lowest BCUT2D eigenvalue weighted by atomic mass is 10.2. The summed E-state index contributed by atoms with van der Waals surface area (Å²) in [5.41, 5.74) is 0.634. The molecule has 0 saturated carbocycles. The van der Waals surface area contributed by atoms with Gasteiger partial charge in [-0.2, -0.15) is 0 Å². The Morgan fingerprint density at radius 1 is 1.24 bits per heavy atom. The van der Waals surface area contributed by atoms with Crippen LogP contribution in [0.4, 0.5) is 4.79 Å². The lowest BCUT2D eigenvalue weighted by Crippen LogP contribution is -2.34. The number of nitrogens with zero attached hydrogens (tertiary/aromatic N) is 1. The summed E-state index contributed by atoms with van der Waals surface area (Å²) < 4.78 is 1.01. The second-order valence-electron chi connectivity index (χ2n) is 4.08. The van der Waals surface area contributed by atoms with Crippen LogP contribution in [-0.4, -0.2) is 22.1 Å². The third-order valence-corrected chi connectivity index (χ3v) is 4.17. The molecule has 0 unspecified atom stereocenters. The number of rotatable bonds is 5. The Labute approximate surface area is 133 Å². The largest absolute Gasteiger partial charge is 0.478 e. The van der Waals surface area contributed by atoms with Crippen LogP contribution in [-0.2, 0) is 13.1 Å². The van der Waals surface area contributed by atoms with Gasteiger partial charge >= 0.3 is 12.0 Å². The third kappa shape index (κ3) is 4.83. The highest BCUT2D eigenvalue weighted by atomic mass is 79.9. The zero-order chi connectivity index (χ0) is 15.2. The Morgan fingerprint density at radius 3 is 2.67 bits per heavy atom. The maximum Gasteiger partial charge on any atom is 0.335 e. The van der Waals surface area contributed by atoms with Crippen LogP contribution in [0.1, 0.15) is 20.9 Å². The van der Waals surface area contributed by atoms with E-state index in [9.17, 15) is 9.59 Å². The van der Waals surface area contributed by atoms with E-state index in [4.69, 9.17) is 5.11 Å². The van der Waals surface area contributed by atoms with E-state index in [0.29, 0.717) is 12.2 Å². The van der Waals surface area contributed by atoms with Crippen molar-refractivity contribution in [3.8, 4) is 0 Å². The quantitative estimate of drug-likeness (QED) is 0.755. The molecule has 0 aliphatic heterocycles. The Balaban J connectivity index is 1.81. The molecule has 2 amide bonds. The number of thiophene rings is 1. The van der Waals surface area contributed by atoms with E-state index >= 15 is 0 Å². The number of hydrogen-bond donors (Lipinski definition) is 3. The van der Waals surface area contributed by atoms with E-state index in [-0.39, 0.29) is 18.1 Å². The molecular weight excluding hydrogens is 358 g/mol. The van der Waals surface area contributed by atoms with Crippen molar-refractivity contribution in [2.45, 2.75) is 13.1 Å². The van der Waals surface area contributed by atoms with E-state index in [2.05, 4.69) is 31.5 Å². The number of carbonyl (C=O) groups is 2. The Hall–Kier alpha value is -1.93. The average Bonchev–Trinajstić information content (AvgIpc) is 2.89. The number of carboxylic acids is 1. The molecule has 6 nitrogen and oxygen atoms in total. The summed E-state index contributed by atoms with van der Waals surface area (Å²) in [6.07, 6.45) is 1.40. The van der Waals surface area contributed by atoms with Gasteiger partial charge in [-0.05, 0) is 40.2 Å². The number of carboxylic acid groups (broad SMARTS) is 1. The van der Waals surface area contributed by atoms with Crippen molar-refractivity contribution >= 4 is 39.3 Å². The highest BCUT2D eigenvalue weighted by Crippen LogP contribution is 2.21. The van der Waals surface area contributed by atoms with Gasteiger partial charge in [-0.25, -0.2) is 9.59 Å². The van der Waals surface area contributed by atoms with Gasteiger partial charge in [-0.3, -0.25) is 4.98 Å². The van der Waals surface area contributed by atoms with Gasteiger partial charge < -0.3 is 15.7 Å². The lowest BCUT2D eigenvalue weighted by molar-refractivity contribution is 0.0696. The van der Waals surface area contributed by atoms with Gasteiger partial charge in [-0.1, -0.05) is 0 Å². The molecule has 0 aliphatic carbocycles. The van der Waals surface area contributed by atoms with E-state index in [1.54, 1.807) is 11.3 Å². The number of hydrogen-bond acceptors (Lipinski definition) is 4. The predicted molar refractivity (Wildman–Crippen MR) is 82.3 cm³/mol. The van der Waals surface area contributed by atoms with Gasteiger partial charge in [0, 0.05) is 11.1 Å². The predicted octanol–water partition coefficient (Wildman–Crippen LogP) is 2.60. The number of urea groups is 1. The molecule has 3 N–H and O–H groups in total. The molecule has 0 atom stereocenters. The Kier molecular flexibility index (Phi) is 5.29. The first-order valence-corrected chi connectivity index (χ1v) is 7.59. The smallest absolute Gasteiger partial charge is 0.335 e. The molecule has 0 bridgehead atoms. The van der Waals surface area contributed by atoms with Crippen molar-refractivity contribution < 1.29 is 14.7 Å². The van der Waals surface area contributed by atoms with Crippen LogP contribution in [0.5, 0.6) is 0 Å². The zero-order valence-electron chi connectivity index (χ0n) is 10.8. The summed E-state index contributed by atoms with van der Waals surface area (Å²) in [7, 11) is 0. The van der Waals surface area contributed by atoms with Crippen molar-refractivity contribution in [3.05, 3.63) is 50.4 Å². The van der Waals surface area contributed by atoms with Crippen molar-refractivity contribution in [1.82, 2.24) is 15.6 Å². The minimum atomic E-state index is -1.02. The first-order chi connectivity index (χ1) is 10.0. The van der Waals surface area contributed by atoms with Crippen LogP contribution in [0.3, 0.4) is 0 Å². The maximum atomic E-state index is 11.6. The highest BCUT2D eigenvalue weighted by molar-refractivity contribution is 9.11. The fourth-order valence-electron chi connectivity index (χ4n) is 1.56. The second-order valence-corrected chi connectivity index (χ2v) is 6.63. The van der Waals surface area contributed by atoms with Gasteiger partial charge in [0.25, 0.3) is 0 Å². The highest BCUT2D eigenvalue weighted by Gasteiger charge is 2.06. The first-order valence-electron chi connectivity index (χ1n) is 5.99. The fraction of sp³-hybridized carbons (Fsp3) is 0.154. The molecule has 21 heavy (non-hydrogen) atoms. The van der Waals surface area contributed by atoms with Gasteiger partial charge in [0.15, 0.2) is 0 Å². The summed E-state index contributed by atoms with van der Waals surface area (Å²) in [5.74, 6) is -1.02. The summed E-state index contributed by atoms with van der Waals surface area (Å²) in [5, 5.41) is 14.2. The molecule has 0 fully saturated rings. The number of carbonyl (C=O) groups excluding carboxylic acids is 1. The monoisotopic (exact) mass is 369 g/mol. The van der Waals surface area contributed by atoms with Crippen LogP contribution < -0.4 is 10.6 Å². The maximum absolute atomic E-state index is 11.6. The van der Waals surface area contributed by atoms with Crippen LogP contribution in [0.15, 0.2) is 34.2 Å². The molecule has 0 spiro atoms. The van der Waals surface area contributed by atoms with E-state index in [0.717, 1.165) is 8.66 Å². The molecule has 0 saturated heterocycles. The van der Waals surface area contributed by atoms with Crippen molar-refractivity contribution in [3.63, 3.8) is 0 Å². The molecule has 0 aliphatic rings. The molecule has 110 valence electrons. The Bertz CT molecular complexity index is 660. The average molecular weight is 370 g/mol. The number of pyridine rings is 1. The van der Waals surface area contributed by atoms with Crippen molar-refractivity contribution in [1.29, 1.82) is 0 Å². The van der Waals surface area contributed by atoms with Gasteiger partial charge in [0.2, 0.25) is 0 Å². The van der Waals surface area contributed by atoms with Gasteiger partial charge in [-0.15, -0.1) is 11.3 Å². The van der Waals surface area contributed by atoms with E-state index < -0.39 is 5.97 Å². The number of amides is 2. The second kappa shape index (κ2) is 7.19. The normalized spacial score (nSPS) is 10.1. The standard InChI is InChI=1S/C13H12BrN3O3S/c14-11-2-1-10(21-11)7-17-13(20)16-6-9-5-8(12(18)19)3-4-15-9/h1-5H,6-7H2,(H,18,19)(H2,16,17,20). The number of aromatic nitrogens is 1. The molecule has 8 heteroatoms. The fourth-order valence-corrected chi connectivity index (χ4v) is 2.98. The van der Waals surface area contributed by atoms with Crippen LogP contribution >= 0.6 is 27.3 Å². The van der Waals surface area contributed by atoms with Crippen molar-refractivity contribution in [2.24, 2.45) is 0 Å². The minimum Gasteiger partial charge on any atom is -0.478 e. The van der Waals surface area contributed by atoms with Gasteiger partial charge in [0.05, 0.1) is 28.1 Å². The van der Waals surface area contributed by atoms with Crippen molar-refractivity contribution in [2.75, 3.05) is 0 Å².